The second-order valence-corrected chi connectivity index (χ2v) is 5.26. The topological polar surface area (TPSA) is 162 Å². The number of carbonyl (C=O) groups is 3. The number of methoxy groups -OCH3 is 1. The van der Waals surface area contributed by atoms with E-state index < -0.39 is 42.3 Å². The molecule has 5 N–H and O–H groups in total. The van der Waals surface area contributed by atoms with Crippen LogP contribution in [0, 0.1) is 5.92 Å². The molecule has 0 saturated heterocycles. The summed E-state index contributed by atoms with van der Waals surface area (Å²) in [5.41, 5.74) is -2.43. The van der Waals surface area contributed by atoms with E-state index >= 15 is 0 Å². The molecule has 0 heterocycles. The van der Waals surface area contributed by atoms with Crippen molar-refractivity contribution in [2.45, 2.75) is 18.4 Å². The SMILES string of the molecule is COc1cc(/C=C/CC(C(=O)O)C(O)(CC(=O)O)C(=O)O)ccc1O. The highest BCUT2D eigenvalue weighted by atomic mass is 16.5. The first kappa shape index (κ1) is 20.0. The minimum Gasteiger partial charge on any atom is -0.504 e. The van der Waals surface area contributed by atoms with Gasteiger partial charge in [-0.3, -0.25) is 9.59 Å². The second kappa shape index (κ2) is 8.15. The Kier molecular flexibility index (Phi) is 6.52. The van der Waals surface area contributed by atoms with Gasteiger partial charge in [-0.2, -0.15) is 0 Å². The van der Waals surface area contributed by atoms with Gasteiger partial charge in [0.15, 0.2) is 17.1 Å². The normalized spacial score (nSPS) is 14.6. The first-order chi connectivity index (χ1) is 11.6. The molecular weight excluding hydrogens is 336 g/mol. The van der Waals surface area contributed by atoms with Crippen LogP contribution in [0.15, 0.2) is 24.3 Å². The van der Waals surface area contributed by atoms with E-state index in [0.29, 0.717) is 5.56 Å². The summed E-state index contributed by atoms with van der Waals surface area (Å²) < 4.78 is 4.92. The Morgan fingerprint density at radius 3 is 2.36 bits per heavy atom. The van der Waals surface area contributed by atoms with Gasteiger partial charge in [0.1, 0.15) is 5.92 Å². The highest BCUT2D eigenvalue weighted by Crippen LogP contribution is 2.29. The van der Waals surface area contributed by atoms with Crippen LogP contribution < -0.4 is 4.74 Å². The van der Waals surface area contributed by atoms with Crippen LogP contribution in [0.3, 0.4) is 0 Å². The van der Waals surface area contributed by atoms with Crippen molar-refractivity contribution in [2.75, 3.05) is 7.11 Å². The molecule has 0 aliphatic rings. The van der Waals surface area contributed by atoms with Crippen LogP contribution in [-0.2, 0) is 14.4 Å². The van der Waals surface area contributed by atoms with E-state index in [-0.39, 0.29) is 11.5 Å². The van der Waals surface area contributed by atoms with Crippen LogP contribution in [0.25, 0.3) is 6.08 Å². The third kappa shape index (κ3) is 4.95. The van der Waals surface area contributed by atoms with Gasteiger partial charge in [0.05, 0.1) is 13.5 Å². The largest absolute Gasteiger partial charge is 0.504 e. The molecule has 0 aliphatic carbocycles. The average Bonchev–Trinajstić information content (AvgIpc) is 2.51. The number of phenolic OH excluding ortho intramolecular Hbond substituents is 1. The van der Waals surface area contributed by atoms with Crippen molar-refractivity contribution in [3.63, 3.8) is 0 Å². The minimum atomic E-state index is -2.95. The van der Waals surface area contributed by atoms with Crippen LogP contribution in [0.4, 0.5) is 0 Å². The quantitative estimate of drug-likeness (QED) is 0.431. The lowest BCUT2D eigenvalue weighted by molar-refractivity contribution is -0.178. The molecule has 2 atom stereocenters. The van der Waals surface area contributed by atoms with E-state index in [9.17, 15) is 29.7 Å². The van der Waals surface area contributed by atoms with Crippen molar-refractivity contribution in [3.8, 4) is 11.5 Å². The van der Waals surface area contributed by atoms with E-state index in [2.05, 4.69) is 0 Å². The highest BCUT2D eigenvalue weighted by Gasteiger charge is 2.49. The van der Waals surface area contributed by atoms with Gasteiger partial charge < -0.3 is 30.3 Å². The number of phenols is 1. The summed E-state index contributed by atoms with van der Waals surface area (Å²) in [5, 5.41) is 46.5. The van der Waals surface area contributed by atoms with Gasteiger partial charge >= 0.3 is 17.9 Å². The number of carboxylic acids is 3. The van der Waals surface area contributed by atoms with Crippen molar-refractivity contribution < 1.29 is 44.7 Å². The Hall–Kier alpha value is -3.07. The van der Waals surface area contributed by atoms with Gasteiger partial charge in [0.2, 0.25) is 0 Å². The summed E-state index contributed by atoms with van der Waals surface area (Å²) in [6.07, 6.45) is 1.05. The molecule has 2 unspecified atom stereocenters. The highest BCUT2D eigenvalue weighted by molar-refractivity contribution is 5.89. The van der Waals surface area contributed by atoms with E-state index in [4.69, 9.17) is 14.9 Å². The monoisotopic (exact) mass is 354 g/mol. The van der Waals surface area contributed by atoms with Gasteiger partial charge in [-0.1, -0.05) is 18.2 Å². The standard InChI is InChI=1S/C16H18O9/c1-25-12-7-9(5-6-11(12)17)3-2-4-10(14(20)21)16(24,15(22)23)8-13(18)19/h2-3,5-7,10,17,24H,4,8H2,1H3,(H,18,19)(H,20,21)(H,22,23)/b3-2+. The molecule has 0 amide bonds. The van der Waals surface area contributed by atoms with Crippen LogP contribution in [-0.4, -0.2) is 56.2 Å². The minimum absolute atomic E-state index is 0.0928. The molecule has 0 spiro atoms. The number of carboxylic acid groups (broad SMARTS) is 3. The smallest absolute Gasteiger partial charge is 0.337 e. The number of allylic oxidation sites excluding steroid dienone is 1. The van der Waals surface area contributed by atoms with E-state index in [1.807, 2.05) is 0 Å². The number of benzene rings is 1. The molecular formula is C16H18O9. The van der Waals surface area contributed by atoms with E-state index in [0.717, 1.165) is 0 Å². The molecule has 0 aromatic heterocycles. The van der Waals surface area contributed by atoms with Crippen LogP contribution in [0.2, 0.25) is 0 Å². The Labute approximate surface area is 142 Å². The lowest BCUT2D eigenvalue weighted by Crippen LogP contribution is -2.50. The summed E-state index contributed by atoms with van der Waals surface area (Å²) in [7, 11) is 1.35. The summed E-state index contributed by atoms with van der Waals surface area (Å²) in [5.74, 6) is -6.98. The third-order valence-electron chi connectivity index (χ3n) is 3.55. The lowest BCUT2D eigenvalue weighted by atomic mass is 9.82. The fourth-order valence-electron chi connectivity index (χ4n) is 2.22. The van der Waals surface area contributed by atoms with Crippen molar-refractivity contribution >= 4 is 24.0 Å². The van der Waals surface area contributed by atoms with Gasteiger partial charge in [-0.25, -0.2) is 4.79 Å². The van der Waals surface area contributed by atoms with Crippen LogP contribution in [0.1, 0.15) is 18.4 Å². The molecule has 25 heavy (non-hydrogen) atoms. The zero-order valence-electron chi connectivity index (χ0n) is 13.2. The average molecular weight is 354 g/mol. The Balaban J connectivity index is 3.03. The van der Waals surface area contributed by atoms with Crippen molar-refractivity contribution in [1.82, 2.24) is 0 Å². The summed E-state index contributed by atoms with van der Waals surface area (Å²) in [4.78, 5) is 33.3. The summed E-state index contributed by atoms with van der Waals surface area (Å²) in [6.45, 7) is 0. The van der Waals surface area contributed by atoms with Gasteiger partial charge in [0.25, 0.3) is 0 Å². The molecule has 9 nitrogen and oxygen atoms in total. The summed E-state index contributed by atoms with van der Waals surface area (Å²) in [6, 6.07) is 4.32. The molecule has 9 heteroatoms. The number of aromatic hydroxyl groups is 1. The molecule has 0 bridgehead atoms. The molecule has 0 fully saturated rings. The number of rotatable bonds is 9. The van der Waals surface area contributed by atoms with E-state index in [1.165, 1.54) is 37.5 Å². The van der Waals surface area contributed by atoms with Gasteiger partial charge in [-0.15, -0.1) is 0 Å². The van der Waals surface area contributed by atoms with Crippen LogP contribution >= 0.6 is 0 Å². The second-order valence-electron chi connectivity index (χ2n) is 5.26. The Morgan fingerprint density at radius 2 is 1.88 bits per heavy atom. The number of hydrogen-bond acceptors (Lipinski definition) is 6. The molecule has 1 aromatic carbocycles. The number of aliphatic hydroxyl groups is 1. The van der Waals surface area contributed by atoms with Crippen LogP contribution in [0.5, 0.6) is 11.5 Å². The zero-order valence-corrected chi connectivity index (χ0v) is 13.2. The summed E-state index contributed by atoms with van der Waals surface area (Å²) >= 11 is 0. The number of ether oxygens (including phenoxy) is 1. The predicted molar refractivity (Wildman–Crippen MR) is 84.3 cm³/mol. The van der Waals surface area contributed by atoms with Crippen molar-refractivity contribution in [2.24, 2.45) is 5.92 Å². The molecule has 0 aliphatic heterocycles. The maximum atomic E-state index is 11.3. The zero-order chi connectivity index (χ0) is 19.2. The number of hydrogen-bond donors (Lipinski definition) is 5. The third-order valence-corrected chi connectivity index (χ3v) is 3.55. The van der Waals surface area contributed by atoms with E-state index in [1.54, 1.807) is 0 Å². The molecule has 0 radical (unpaired) electrons. The van der Waals surface area contributed by atoms with Gasteiger partial charge in [-0.05, 0) is 24.1 Å². The van der Waals surface area contributed by atoms with Crippen molar-refractivity contribution in [3.05, 3.63) is 29.8 Å². The Bertz CT molecular complexity index is 695. The maximum absolute atomic E-state index is 11.3. The predicted octanol–water partition coefficient (Wildman–Crippen LogP) is 0.795. The fraction of sp³-hybridized carbons (Fsp3) is 0.312. The molecule has 1 aromatic rings. The first-order valence-electron chi connectivity index (χ1n) is 7.05. The lowest BCUT2D eigenvalue weighted by Gasteiger charge is -2.27. The molecule has 136 valence electrons. The van der Waals surface area contributed by atoms with Gasteiger partial charge in [0, 0.05) is 0 Å². The van der Waals surface area contributed by atoms with Crippen molar-refractivity contribution in [1.29, 1.82) is 0 Å². The number of aliphatic carboxylic acids is 3. The Morgan fingerprint density at radius 1 is 1.24 bits per heavy atom. The maximum Gasteiger partial charge on any atom is 0.337 e. The molecule has 0 saturated carbocycles. The first-order valence-corrected chi connectivity index (χ1v) is 7.05. The fourth-order valence-corrected chi connectivity index (χ4v) is 2.22. The molecule has 1 rings (SSSR count).